The number of hydrogen-bond donors (Lipinski definition) is 2. The number of nitrogen functional groups attached to an aromatic ring is 1. The quantitative estimate of drug-likeness (QED) is 0.809. The fourth-order valence-corrected chi connectivity index (χ4v) is 2.65. The molecule has 5 nitrogen and oxygen atoms in total. The van der Waals surface area contributed by atoms with Gasteiger partial charge in [-0.1, -0.05) is 12.1 Å². The second kappa shape index (κ2) is 7.31. The van der Waals surface area contributed by atoms with Crippen LogP contribution in [0.3, 0.4) is 0 Å². The van der Waals surface area contributed by atoms with Crippen molar-refractivity contribution >= 4 is 11.6 Å². The van der Waals surface area contributed by atoms with E-state index in [1.165, 1.54) is 0 Å². The van der Waals surface area contributed by atoms with Gasteiger partial charge in [0.2, 0.25) is 5.91 Å². The topological polar surface area (TPSA) is 75.8 Å². The summed E-state index contributed by atoms with van der Waals surface area (Å²) in [6.07, 6.45) is 1.81. The maximum absolute atomic E-state index is 12.1. The molecule has 1 unspecified atom stereocenters. The number of piperidine rings is 1. The Labute approximate surface area is 125 Å². The Morgan fingerprint density at radius 3 is 2.71 bits per heavy atom. The van der Waals surface area contributed by atoms with E-state index in [-0.39, 0.29) is 12.0 Å². The van der Waals surface area contributed by atoms with Crippen LogP contribution in [0.1, 0.15) is 26.2 Å². The summed E-state index contributed by atoms with van der Waals surface area (Å²) in [6, 6.07) is 7.28. The number of benzene rings is 1. The third-order valence-corrected chi connectivity index (χ3v) is 4.07. The average molecular weight is 292 g/mol. The summed E-state index contributed by atoms with van der Waals surface area (Å²) >= 11 is 0. The van der Waals surface area contributed by atoms with Gasteiger partial charge in [-0.05, 0) is 37.8 Å². The van der Waals surface area contributed by atoms with Crippen molar-refractivity contribution in [3.63, 3.8) is 0 Å². The molecule has 1 fully saturated rings. The Morgan fingerprint density at radius 2 is 2.10 bits per heavy atom. The zero-order valence-electron chi connectivity index (χ0n) is 12.5. The van der Waals surface area contributed by atoms with Gasteiger partial charge in [-0.25, -0.2) is 0 Å². The minimum atomic E-state index is -0.286. The number of carbonyl (C=O) groups is 1. The number of ether oxygens (including phenoxy) is 1. The van der Waals surface area contributed by atoms with Crippen LogP contribution in [0, 0.1) is 5.92 Å². The van der Waals surface area contributed by atoms with Gasteiger partial charge in [-0.3, -0.25) is 4.79 Å². The van der Waals surface area contributed by atoms with Gasteiger partial charge in [0.1, 0.15) is 5.75 Å². The molecule has 0 bridgehead atoms. The van der Waals surface area contributed by atoms with Crippen LogP contribution in [0.4, 0.5) is 5.69 Å². The van der Waals surface area contributed by atoms with Crippen LogP contribution in [-0.2, 0) is 4.79 Å². The van der Waals surface area contributed by atoms with Gasteiger partial charge in [0.05, 0.1) is 24.8 Å². The van der Waals surface area contributed by atoms with Gasteiger partial charge in [-0.15, -0.1) is 0 Å². The van der Waals surface area contributed by atoms with Crippen LogP contribution < -0.4 is 10.5 Å². The van der Waals surface area contributed by atoms with E-state index >= 15 is 0 Å². The Kier molecular flexibility index (Phi) is 5.44. The molecular weight excluding hydrogens is 268 g/mol. The number of aliphatic hydroxyl groups excluding tert-OH is 1. The van der Waals surface area contributed by atoms with Crippen LogP contribution >= 0.6 is 0 Å². The Morgan fingerprint density at radius 1 is 1.43 bits per heavy atom. The fraction of sp³-hybridized carbons (Fsp3) is 0.562. The first-order chi connectivity index (χ1) is 10.1. The van der Waals surface area contributed by atoms with Crippen molar-refractivity contribution in [1.82, 2.24) is 4.90 Å². The number of nitrogens with zero attached hydrogens (tertiary/aromatic N) is 1. The number of hydrogen-bond acceptors (Lipinski definition) is 4. The van der Waals surface area contributed by atoms with Gasteiger partial charge >= 0.3 is 0 Å². The Hall–Kier alpha value is -1.75. The van der Waals surface area contributed by atoms with Crippen molar-refractivity contribution in [2.45, 2.75) is 32.3 Å². The maximum Gasteiger partial charge on any atom is 0.225 e. The van der Waals surface area contributed by atoms with Gasteiger partial charge in [0.15, 0.2) is 0 Å². The third kappa shape index (κ3) is 4.36. The zero-order valence-corrected chi connectivity index (χ0v) is 12.5. The molecule has 0 aromatic heterocycles. The largest absolute Gasteiger partial charge is 0.491 e. The first-order valence-electron chi connectivity index (χ1n) is 7.51. The molecule has 0 aliphatic carbocycles. The monoisotopic (exact) mass is 292 g/mol. The molecule has 0 saturated carbocycles. The first-order valence-corrected chi connectivity index (χ1v) is 7.51. The first kappa shape index (κ1) is 15.6. The third-order valence-electron chi connectivity index (χ3n) is 4.07. The number of aliphatic hydroxyl groups is 1. The minimum absolute atomic E-state index is 0.105. The molecule has 1 atom stereocenters. The molecule has 1 amide bonds. The summed E-state index contributed by atoms with van der Waals surface area (Å²) in [4.78, 5) is 14.0. The molecule has 2 rings (SSSR count). The van der Waals surface area contributed by atoms with E-state index in [2.05, 4.69) is 0 Å². The van der Waals surface area contributed by atoms with Gasteiger partial charge in [0, 0.05) is 13.1 Å². The molecule has 1 aromatic rings. The highest BCUT2D eigenvalue weighted by Crippen LogP contribution is 2.22. The van der Waals surface area contributed by atoms with Crippen molar-refractivity contribution in [2.75, 3.05) is 25.4 Å². The summed E-state index contributed by atoms with van der Waals surface area (Å²) in [6.45, 7) is 3.60. The van der Waals surface area contributed by atoms with Crippen LogP contribution in [0.15, 0.2) is 24.3 Å². The normalized spacial score (nSPS) is 17.5. The molecule has 5 heteroatoms. The van der Waals surface area contributed by atoms with E-state index in [9.17, 15) is 9.90 Å². The highest BCUT2D eigenvalue weighted by molar-refractivity contribution is 5.76. The highest BCUT2D eigenvalue weighted by atomic mass is 16.5. The van der Waals surface area contributed by atoms with Crippen LogP contribution in [0.5, 0.6) is 5.75 Å². The zero-order chi connectivity index (χ0) is 15.2. The van der Waals surface area contributed by atoms with E-state index in [0.29, 0.717) is 30.4 Å². The molecule has 21 heavy (non-hydrogen) atoms. The second-order valence-electron chi connectivity index (χ2n) is 5.60. The predicted octanol–water partition coefficient (Wildman–Crippen LogP) is 1.66. The summed E-state index contributed by atoms with van der Waals surface area (Å²) in [7, 11) is 0. The summed E-state index contributed by atoms with van der Waals surface area (Å²) in [5.74, 6) is 1.04. The summed E-state index contributed by atoms with van der Waals surface area (Å²) < 4.78 is 5.55. The SMILES string of the molecule is CC(O)C1CCN(C(=O)CCOc2ccccc2N)CC1. The van der Waals surface area contributed by atoms with E-state index < -0.39 is 0 Å². The molecule has 1 aromatic carbocycles. The number of anilines is 1. The van der Waals surface area contributed by atoms with E-state index in [1.807, 2.05) is 24.0 Å². The van der Waals surface area contributed by atoms with E-state index in [0.717, 1.165) is 25.9 Å². The smallest absolute Gasteiger partial charge is 0.225 e. The molecule has 1 saturated heterocycles. The number of nitrogens with two attached hydrogens (primary N) is 1. The van der Waals surface area contributed by atoms with Crippen molar-refractivity contribution in [3.05, 3.63) is 24.3 Å². The Balaban J connectivity index is 1.72. The standard InChI is InChI=1S/C16H24N2O3/c1-12(19)13-6-9-18(10-7-13)16(20)8-11-21-15-5-3-2-4-14(15)17/h2-5,12-13,19H,6-11,17H2,1H3. The van der Waals surface area contributed by atoms with Crippen molar-refractivity contribution in [1.29, 1.82) is 0 Å². The lowest BCUT2D eigenvalue weighted by Gasteiger charge is -2.33. The lowest BCUT2D eigenvalue weighted by atomic mass is 9.92. The average Bonchev–Trinajstić information content (AvgIpc) is 2.49. The molecule has 1 heterocycles. The molecular formula is C16H24N2O3. The Bertz CT molecular complexity index is 468. The van der Waals surface area contributed by atoms with Crippen LogP contribution in [0.25, 0.3) is 0 Å². The molecule has 0 radical (unpaired) electrons. The maximum atomic E-state index is 12.1. The number of carbonyl (C=O) groups excluding carboxylic acids is 1. The molecule has 1 aliphatic heterocycles. The van der Waals surface area contributed by atoms with Gasteiger partial charge < -0.3 is 20.5 Å². The summed E-state index contributed by atoms with van der Waals surface area (Å²) in [5, 5.41) is 9.56. The molecule has 1 aliphatic rings. The lowest BCUT2D eigenvalue weighted by Crippen LogP contribution is -2.41. The van der Waals surface area contributed by atoms with Crippen LogP contribution in [0.2, 0.25) is 0 Å². The number of likely N-dealkylation sites (tertiary alicyclic amines) is 1. The van der Waals surface area contributed by atoms with E-state index in [4.69, 9.17) is 10.5 Å². The van der Waals surface area contributed by atoms with Gasteiger partial charge in [-0.2, -0.15) is 0 Å². The molecule has 3 N–H and O–H groups in total. The summed E-state index contributed by atoms with van der Waals surface area (Å²) in [5.41, 5.74) is 6.37. The van der Waals surface area contributed by atoms with Crippen molar-refractivity contribution in [2.24, 2.45) is 5.92 Å². The van der Waals surface area contributed by atoms with Gasteiger partial charge in [0.25, 0.3) is 0 Å². The minimum Gasteiger partial charge on any atom is -0.491 e. The lowest BCUT2D eigenvalue weighted by molar-refractivity contribution is -0.133. The molecule has 0 spiro atoms. The number of amides is 1. The van der Waals surface area contributed by atoms with Crippen LogP contribution in [-0.4, -0.2) is 41.7 Å². The van der Waals surface area contributed by atoms with Crippen molar-refractivity contribution < 1.29 is 14.6 Å². The van der Waals surface area contributed by atoms with E-state index in [1.54, 1.807) is 12.1 Å². The predicted molar refractivity (Wildman–Crippen MR) is 82.0 cm³/mol. The molecule has 116 valence electrons. The fourth-order valence-electron chi connectivity index (χ4n) is 2.65. The van der Waals surface area contributed by atoms with Crippen molar-refractivity contribution in [3.8, 4) is 5.75 Å². The number of para-hydroxylation sites is 2. The second-order valence-corrected chi connectivity index (χ2v) is 5.60. The highest BCUT2D eigenvalue weighted by Gasteiger charge is 2.25. The number of rotatable bonds is 5.